The van der Waals surface area contributed by atoms with Crippen LogP contribution >= 0.6 is 0 Å². The van der Waals surface area contributed by atoms with Crippen LogP contribution in [0.5, 0.6) is 5.75 Å². The number of ether oxygens (including phenoxy) is 1. The van der Waals surface area contributed by atoms with Gasteiger partial charge >= 0.3 is 0 Å². The van der Waals surface area contributed by atoms with Crippen molar-refractivity contribution in [1.29, 1.82) is 0 Å². The number of aryl methyl sites for hydroxylation is 1. The molecule has 2 aromatic rings. The molecule has 2 heterocycles. The fraction of sp³-hybridized carbons (Fsp3) is 0.364. The highest BCUT2D eigenvalue weighted by Crippen LogP contribution is 2.33. The summed E-state index contributed by atoms with van der Waals surface area (Å²) in [6.07, 6.45) is 0.577. The highest BCUT2D eigenvalue weighted by atomic mass is 32.2. The number of nitrogens with zero attached hydrogens (tertiary/aromatic N) is 1. The molecule has 0 radical (unpaired) electrons. The summed E-state index contributed by atoms with van der Waals surface area (Å²) in [5, 5.41) is 5.59. The van der Waals surface area contributed by atoms with Gasteiger partial charge in [0.2, 0.25) is 15.9 Å². The van der Waals surface area contributed by atoms with Gasteiger partial charge in [-0.2, -0.15) is 4.31 Å². The lowest BCUT2D eigenvalue weighted by Crippen LogP contribution is -2.43. The lowest BCUT2D eigenvalue weighted by Gasteiger charge is -2.31. The summed E-state index contributed by atoms with van der Waals surface area (Å²) in [6, 6.07) is 11.9. The van der Waals surface area contributed by atoms with Gasteiger partial charge in [0.1, 0.15) is 5.75 Å². The molecule has 0 spiro atoms. The van der Waals surface area contributed by atoms with Gasteiger partial charge in [0.05, 0.1) is 16.5 Å². The normalized spacial score (nSPS) is 21.5. The molecule has 1 fully saturated rings. The summed E-state index contributed by atoms with van der Waals surface area (Å²) in [5.74, 6) is -0.521. The Balaban J connectivity index is 1.51. The molecule has 2 aliphatic heterocycles. The van der Waals surface area contributed by atoms with E-state index < -0.39 is 22.0 Å². The van der Waals surface area contributed by atoms with Crippen molar-refractivity contribution in [3.63, 3.8) is 0 Å². The van der Waals surface area contributed by atoms with Gasteiger partial charge in [-0.15, -0.1) is 0 Å². The monoisotopic (exact) mass is 443 g/mol. The molecular formula is C22H25N3O5S. The van der Waals surface area contributed by atoms with E-state index in [1.54, 1.807) is 13.0 Å². The molecule has 164 valence electrons. The second kappa shape index (κ2) is 8.32. The molecule has 2 amide bonds. The minimum absolute atomic E-state index is 0.0599. The minimum Gasteiger partial charge on any atom is -0.479 e. The Kier molecular flexibility index (Phi) is 5.72. The minimum atomic E-state index is -3.83. The quantitative estimate of drug-likeness (QED) is 0.756. The molecule has 0 aliphatic carbocycles. The Bertz CT molecular complexity index is 1130. The van der Waals surface area contributed by atoms with E-state index in [4.69, 9.17) is 4.74 Å². The molecule has 2 aliphatic rings. The smallest absolute Gasteiger partial charge is 0.265 e. The van der Waals surface area contributed by atoms with Crippen molar-refractivity contribution in [2.24, 2.45) is 5.92 Å². The van der Waals surface area contributed by atoms with Gasteiger partial charge in [0, 0.05) is 18.8 Å². The summed E-state index contributed by atoms with van der Waals surface area (Å²) >= 11 is 0. The van der Waals surface area contributed by atoms with Crippen molar-refractivity contribution >= 4 is 33.2 Å². The van der Waals surface area contributed by atoms with Gasteiger partial charge in [-0.05, 0) is 56.5 Å². The molecule has 2 aromatic carbocycles. The van der Waals surface area contributed by atoms with E-state index in [9.17, 15) is 18.0 Å². The third-order valence-electron chi connectivity index (χ3n) is 5.68. The molecule has 0 unspecified atom stereocenters. The van der Waals surface area contributed by atoms with Crippen LogP contribution in [-0.2, 0) is 19.6 Å². The number of carbonyl (C=O) groups is 2. The first-order chi connectivity index (χ1) is 14.8. The van der Waals surface area contributed by atoms with E-state index in [1.807, 2.05) is 31.2 Å². The first kappa shape index (κ1) is 21.3. The maximum atomic E-state index is 13.2. The highest BCUT2D eigenvalue weighted by Gasteiger charge is 2.34. The standard InChI is InChI=1S/C22H25N3O5S/c1-14-6-3-4-8-18(14)23-22(27)16-7-5-11-25(13-16)31(28,29)17-9-10-20-19(12-17)24-21(26)15(2)30-20/h3-4,6,8-10,12,15-16H,5,7,11,13H2,1-2H3,(H,23,27)(H,24,26)/t15-,16-/m1/s1. The Morgan fingerprint density at radius 3 is 2.77 bits per heavy atom. The summed E-state index contributed by atoms with van der Waals surface area (Å²) in [4.78, 5) is 24.7. The summed E-state index contributed by atoms with van der Waals surface area (Å²) in [6.45, 7) is 3.98. The van der Waals surface area contributed by atoms with Crippen LogP contribution in [0.15, 0.2) is 47.4 Å². The lowest BCUT2D eigenvalue weighted by molar-refractivity contribution is -0.123. The van der Waals surface area contributed by atoms with Gasteiger partial charge in [0.15, 0.2) is 6.10 Å². The average Bonchev–Trinajstić information content (AvgIpc) is 2.76. The number of hydrogen-bond donors (Lipinski definition) is 2. The summed E-state index contributed by atoms with van der Waals surface area (Å²) < 4.78 is 33.3. The molecule has 0 bridgehead atoms. The van der Waals surface area contributed by atoms with Crippen LogP contribution in [0.3, 0.4) is 0 Å². The Hall–Kier alpha value is -2.91. The molecule has 8 nitrogen and oxygen atoms in total. The average molecular weight is 444 g/mol. The van der Waals surface area contributed by atoms with Crippen molar-refractivity contribution in [3.05, 3.63) is 48.0 Å². The van der Waals surface area contributed by atoms with Crippen LogP contribution in [0.1, 0.15) is 25.3 Å². The van der Waals surface area contributed by atoms with Gasteiger partial charge in [-0.25, -0.2) is 8.42 Å². The van der Waals surface area contributed by atoms with E-state index in [-0.39, 0.29) is 23.3 Å². The number of rotatable bonds is 4. The number of para-hydroxylation sites is 1. The van der Waals surface area contributed by atoms with Crippen molar-refractivity contribution < 1.29 is 22.7 Å². The number of sulfonamides is 1. The van der Waals surface area contributed by atoms with Gasteiger partial charge in [-0.3, -0.25) is 9.59 Å². The topological polar surface area (TPSA) is 105 Å². The Morgan fingerprint density at radius 1 is 1.23 bits per heavy atom. The number of benzene rings is 2. The highest BCUT2D eigenvalue weighted by molar-refractivity contribution is 7.89. The zero-order valence-corrected chi connectivity index (χ0v) is 18.2. The molecule has 2 N–H and O–H groups in total. The van der Waals surface area contributed by atoms with Crippen LogP contribution in [-0.4, -0.2) is 43.7 Å². The number of piperidine rings is 1. The molecule has 9 heteroatoms. The fourth-order valence-electron chi connectivity index (χ4n) is 3.82. The van der Waals surface area contributed by atoms with Gasteiger partial charge < -0.3 is 15.4 Å². The third kappa shape index (κ3) is 4.28. The van der Waals surface area contributed by atoms with E-state index >= 15 is 0 Å². The van der Waals surface area contributed by atoms with E-state index in [0.29, 0.717) is 30.8 Å². The Morgan fingerprint density at radius 2 is 2.00 bits per heavy atom. The van der Waals surface area contributed by atoms with Crippen LogP contribution in [0.25, 0.3) is 0 Å². The zero-order valence-electron chi connectivity index (χ0n) is 17.4. The van der Waals surface area contributed by atoms with E-state index in [2.05, 4.69) is 10.6 Å². The predicted molar refractivity (Wildman–Crippen MR) is 116 cm³/mol. The largest absolute Gasteiger partial charge is 0.479 e. The molecule has 31 heavy (non-hydrogen) atoms. The predicted octanol–water partition coefficient (Wildman–Crippen LogP) is 2.75. The van der Waals surface area contributed by atoms with Crippen molar-refractivity contribution in [2.45, 2.75) is 37.7 Å². The number of fused-ring (bicyclic) bond motifs is 1. The first-order valence-electron chi connectivity index (χ1n) is 10.2. The SMILES string of the molecule is Cc1ccccc1NC(=O)[C@@H]1CCCN(S(=O)(=O)c2ccc3c(c2)NC(=O)[C@@H](C)O3)C1. The number of carbonyl (C=O) groups excluding carboxylic acids is 2. The van der Waals surface area contributed by atoms with Crippen molar-refractivity contribution in [3.8, 4) is 5.75 Å². The summed E-state index contributed by atoms with van der Waals surface area (Å²) in [7, 11) is -3.83. The van der Waals surface area contributed by atoms with E-state index in [0.717, 1.165) is 11.3 Å². The summed E-state index contributed by atoms with van der Waals surface area (Å²) in [5.41, 5.74) is 2.01. The molecule has 0 aromatic heterocycles. The maximum Gasteiger partial charge on any atom is 0.265 e. The second-order valence-electron chi connectivity index (χ2n) is 7.91. The van der Waals surface area contributed by atoms with Crippen LogP contribution < -0.4 is 15.4 Å². The second-order valence-corrected chi connectivity index (χ2v) is 9.85. The van der Waals surface area contributed by atoms with Crippen LogP contribution in [0, 0.1) is 12.8 Å². The van der Waals surface area contributed by atoms with Crippen molar-refractivity contribution in [2.75, 3.05) is 23.7 Å². The molecule has 2 atom stereocenters. The third-order valence-corrected chi connectivity index (χ3v) is 7.54. The molecule has 4 rings (SSSR count). The Labute approximate surface area is 181 Å². The van der Waals surface area contributed by atoms with Crippen LogP contribution in [0.2, 0.25) is 0 Å². The van der Waals surface area contributed by atoms with E-state index in [1.165, 1.54) is 16.4 Å². The first-order valence-corrected chi connectivity index (χ1v) is 11.7. The number of anilines is 2. The number of hydrogen-bond acceptors (Lipinski definition) is 5. The molecule has 0 saturated carbocycles. The lowest BCUT2D eigenvalue weighted by atomic mass is 9.98. The fourth-order valence-corrected chi connectivity index (χ4v) is 5.37. The number of nitrogens with one attached hydrogen (secondary N) is 2. The van der Waals surface area contributed by atoms with Gasteiger partial charge in [-0.1, -0.05) is 18.2 Å². The maximum absolute atomic E-state index is 13.2. The van der Waals surface area contributed by atoms with Crippen molar-refractivity contribution in [1.82, 2.24) is 4.31 Å². The number of amides is 2. The zero-order chi connectivity index (χ0) is 22.2. The molecular weight excluding hydrogens is 418 g/mol. The van der Waals surface area contributed by atoms with Gasteiger partial charge in [0.25, 0.3) is 5.91 Å². The van der Waals surface area contributed by atoms with Crippen LogP contribution in [0.4, 0.5) is 11.4 Å². The molecule has 1 saturated heterocycles.